The van der Waals surface area contributed by atoms with Gasteiger partial charge in [-0.2, -0.15) is 13.2 Å². The molecule has 0 spiro atoms. The molecule has 0 unspecified atom stereocenters. The van der Waals surface area contributed by atoms with Crippen LogP contribution in [-0.4, -0.2) is 13.9 Å². The lowest BCUT2D eigenvalue weighted by Gasteiger charge is -2.06. The van der Waals surface area contributed by atoms with E-state index in [2.05, 4.69) is 0 Å². The fourth-order valence-electron chi connectivity index (χ4n) is 0.752. The first-order valence-corrected chi connectivity index (χ1v) is 4.82. The maximum Gasteiger partial charge on any atom is 0.501 e. The summed E-state index contributed by atoms with van der Waals surface area (Å²) in [5.74, 6) is -0.550. The summed E-state index contributed by atoms with van der Waals surface area (Å²) in [6.45, 7) is 0. The van der Waals surface area contributed by atoms with Gasteiger partial charge in [0.2, 0.25) is 0 Å². The van der Waals surface area contributed by atoms with Gasteiger partial charge in [0.25, 0.3) is 9.84 Å². The van der Waals surface area contributed by atoms with E-state index in [9.17, 15) is 26.7 Å². The Hall–Kier alpha value is -1.24. The van der Waals surface area contributed by atoms with Gasteiger partial charge in [-0.05, 0) is 24.3 Å². The first kappa shape index (κ1) is 10.8. The quantitative estimate of drug-likeness (QED) is 0.735. The van der Waals surface area contributed by atoms with Crippen LogP contribution in [0.25, 0.3) is 0 Å². The Morgan fingerprint density at radius 3 is 1.79 bits per heavy atom. The number of rotatable bonds is 1. The minimum atomic E-state index is -5.34. The Morgan fingerprint density at radius 2 is 1.43 bits per heavy atom. The molecule has 0 aliphatic rings. The van der Waals surface area contributed by atoms with Gasteiger partial charge in [0.05, 0.1) is 4.90 Å². The number of hydrogen-bond donors (Lipinski definition) is 0. The number of halogens is 3. The van der Waals surface area contributed by atoms with Crippen molar-refractivity contribution < 1.29 is 26.7 Å². The van der Waals surface area contributed by atoms with Crippen molar-refractivity contribution in [1.82, 2.24) is 0 Å². The summed E-state index contributed by atoms with van der Waals surface area (Å²) >= 11 is 0. The summed E-state index contributed by atoms with van der Waals surface area (Å²) in [6.07, 6.45) is 0. The van der Waals surface area contributed by atoms with Crippen molar-refractivity contribution in [2.24, 2.45) is 0 Å². The Morgan fingerprint density at radius 1 is 1.00 bits per heavy atom. The normalized spacial score (nSPS) is 12.8. The molecule has 14 heavy (non-hydrogen) atoms. The van der Waals surface area contributed by atoms with Crippen molar-refractivity contribution in [3.8, 4) is 5.75 Å². The van der Waals surface area contributed by atoms with Crippen LogP contribution in [0.3, 0.4) is 0 Å². The molecule has 0 saturated carbocycles. The molecule has 1 aromatic rings. The molecule has 1 radical (unpaired) electrons. The lowest BCUT2D eigenvalue weighted by Crippen LogP contribution is -2.23. The molecular weight excluding hydrogens is 221 g/mol. The summed E-state index contributed by atoms with van der Waals surface area (Å²) in [7, 11) is -5.33. The average Bonchev–Trinajstić information content (AvgIpc) is 2.03. The lowest BCUT2D eigenvalue weighted by atomic mass is 10.3. The lowest BCUT2D eigenvalue weighted by molar-refractivity contribution is -0.0436. The van der Waals surface area contributed by atoms with E-state index < -0.39 is 26.0 Å². The largest absolute Gasteiger partial charge is 0.501 e. The third-order valence-electron chi connectivity index (χ3n) is 1.44. The second-order valence-electron chi connectivity index (χ2n) is 2.42. The van der Waals surface area contributed by atoms with Crippen LogP contribution in [0.2, 0.25) is 0 Å². The van der Waals surface area contributed by atoms with Crippen molar-refractivity contribution in [1.29, 1.82) is 0 Å². The van der Waals surface area contributed by atoms with Gasteiger partial charge in [-0.25, -0.2) is 8.42 Å². The highest BCUT2D eigenvalue weighted by Gasteiger charge is 2.46. The maximum absolute atomic E-state index is 12.0. The van der Waals surface area contributed by atoms with Crippen LogP contribution in [0.15, 0.2) is 29.2 Å². The minimum Gasteiger partial charge on any atom is -0.290 e. The molecule has 7 heteroatoms. The van der Waals surface area contributed by atoms with Crippen LogP contribution in [0.1, 0.15) is 0 Å². The van der Waals surface area contributed by atoms with Gasteiger partial charge in [0.15, 0.2) is 5.75 Å². The average molecular weight is 225 g/mol. The fourth-order valence-corrected chi connectivity index (χ4v) is 1.51. The van der Waals surface area contributed by atoms with Crippen molar-refractivity contribution in [2.75, 3.05) is 0 Å². The summed E-state index contributed by atoms with van der Waals surface area (Å²) < 4.78 is 57.3. The molecule has 0 bridgehead atoms. The van der Waals surface area contributed by atoms with Gasteiger partial charge in [0.1, 0.15) is 0 Å². The van der Waals surface area contributed by atoms with Crippen molar-refractivity contribution in [2.45, 2.75) is 10.4 Å². The highest BCUT2D eigenvalue weighted by Crippen LogP contribution is 2.30. The zero-order valence-electron chi connectivity index (χ0n) is 6.58. The zero-order chi connectivity index (χ0) is 11.0. The summed E-state index contributed by atoms with van der Waals surface area (Å²) in [4.78, 5) is -0.926. The van der Waals surface area contributed by atoms with Crippen LogP contribution in [-0.2, 0) is 14.9 Å². The Labute approximate surface area is 77.7 Å². The number of hydrogen-bond acceptors (Lipinski definition) is 2. The van der Waals surface area contributed by atoms with E-state index in [1.54, 1.807) is 0 Å². The molecule has 0 aliphatic carbocycles. The Kier molecular flexibility index (Phi) is 2.45. The molecular formula is C7H4F3O3S. The van der Waals surface area contributed by atoms with Crippen LogP contribution in [0.5, 0.6) is 5.75 Å². The maximum atomic E-state index is 12.0. The molecule has 0 atom stereocenters. The van der Waals surface area contributed by atoms with E-state index in [1.165, 1.54) is 0 Å². The fraction of sp³-hybridized carbons (Fsp3) is 0.143. The monoisotopic (exact) mass is 225 g/mol. The summed E-state index contributed by atoms with van der Waals surface area (Å²) in [5, 5.41) is 10.5. The van der Waals surface area contributed by atoms with Crippen molar-refractivity contribution in [3.05, 3.63) is 24.3 Å². The van der Waals surface area contributed by atoms with Crippen molar-refractivity contribution in [3.63, 3.8) is 0 Å². The predicted octanol–water partition coefficient (Wildman–Crippen LogP) is 2.12. The molecule has 0 aliphatic heterocycles. The molecule has 0 amide bonds. The van der Waals surface area contributed by atoms with E-state index in [0.29, 0.717) is 12.1 Å². The van der Waals surface area contributed by atoms with Crippen LogP contribution >= 0.6 is 0 Å². The molecule has 77 valence electrons. The van der Waals surface area contributed by atoms with Gasteiger partial charge in [-0.1, -0.05) is 0 Å². The summed E-state index contributed by atoms with van der Waals surface area (Å²) in [6, 6.07) is 2.79. The first-order valence-electron chi connectivity index (χ1n) is 3.33. The standard InChI is InChI=1S/C7H4F3O3S/c8-7(9,10)14(12,13)6-3-1-5(11)2-4-6/h1-4H. The second kappa shape index (κ2) is 3.16. The van der Waals surface area contributed by atoms with E-state index in [1.807, 2.05) is 0 Å². The summed E-state index contributed by atoms with van der Waals surface area (Å²) in [5.41, 5.74) is -5.34. The molecule has 0 N–H and O–H groups in total. The van der Waals surface area contributed by atoms with E-state index in [0.717, 1.165) is 12.1 Å². The predicted molar refractivity (Wildman–Crippen MR) is 39.8 cm³/mol. The Bertz CT molecular complexity index is 418. The molecule has 0 aromatic heterocycles. The van der Waals surface area contributed by atoms with Gasteiger partial charge >= 0.3 is 5.51 Å². The Balaban J connectivity index is 3.25. The molecule has 1 rings (SSSR count). The van der Waals surface area contributed by atoms with E-state index in [-0.39, 0.29) is 0 Å². The van der Waals surface area contributed by atoms with Crippen LogP contribution < -0.4 is 0 Å². The minimum absolute atomic E-state index is 0.550. The molecule has 1 aromatic carbocycles. The van der Waals surface area contributed by atoms with E-state index >= 15 is 0 Å². The van der Waals surface area contributed by atoms with Gasteiger partial charge in [0, 0.05) is 0 Å². The molecule has 3 nitrogen and oxygen atoms in total. The number of alkyl halides is 3. The second-order valence-corrected chi connectivity index (χ2v) is 4.36. The topological polar surface area (TPSA) is 54.0 Å². The van der Waals surface area contributed by atoms with Gasteiger partial charge < -0.3 is 0 Å². The number of sulfone groups is 1. The van der Waals surface area contributed by atoms with Gasteiger partial charge in [-0.3, -0.25) is 5.11 Å². The molecule has 0 saturated heterocycles. The molecule has 0 heterocycles. The third kappa shape index (κ3) is 1.82. The van der Waals surface area contributed by atoms with E-state index in [4.69, 9.17) is 0 Å². The SMILES string of the molecule is [O]c1ccc(S(=O)(=O)C(F)(F)F)cc1. The highest BCUT2D eigenvalue weighted by atomic mass is 32.2. The smallest absolute Gasteiger partial charge is 0.290 e. The van der Waals surface area contributed by atoms with Gasteiger partial charge in [-0.15, -0.1) is 0 Å². The third-order valence-corrected chi connectivity index (χ3v) is 2.94. The van der Waals surface area contributed by atoms with Crippen molar-refractivity contribution >= 4 is 9.84 Å². The zero-order valence-corrected chi connectivity index (χ0v) is 7.39. The van der Waals surface area contributed by atoms with Crippen LogP contribution in [0, 0.1) is 0 Å². The molecule has 0 fully saturated rings. The highest BCUT2D eigenvalue weighted by molar-refractivity contribution is 7.92. The van der Waals surface area contributed by atoms with Crippen LogP contribution in [0.4, 0.5) is 13.2 Å². The number of benzene rings is 1. The first-order chi connectivity index (χ1) is 6.25.